The molecule has 1 aromatic heterocycles. The standard InChI is InChI=1S/C17H21FN4O2/c18-14-5-2-1-4-13(14)15(23)12-20-16(24)17(6-9-19-10-7-17)22-11-3-8-21-22/h1-5,8,11,15,19,23H,6-7,9-10,12H2,(H,20,24). The van der Waals surface area contributed by atoms with Crippen LogP contribution in [-0.4, -0.2) is 40.4 Å². The molecule has 128 valence electrons. The summed E-state index contributed by atoms with van der Waals surface area (Å²) in [5.41, 5.74) is -0.597. The van der Waals surface area contributed by atoms with Gasteiger partial charge in [-0.3, -0.25) is 9.48 Å². The first kappa shape index (κ1) is 16.6. The number of nitrogens with zero attached hydrogens (tertiary/aromatic N) is 2. The van der Waals surface area contributed by atoms with E-state index in [0.717, 1.165) is 0 Å². The summed E-state index contributed by atoms with van der Waals surface area (Å²) in [5, 5.41) is 20.4. The number of hydrogen-bond acceptors (Lipinski definition) is 4. The van der Waals surface area contributed by atoms with Crippen LogP contribution in [0.4, 0.5) is 4.39 Å². The van der Waals surface area contributed by atoms with Crippen molar-refractivity contribution >= 4 is 5.91 Å². The number of nitrogens with one attached hydrogen (secondary N) is 2. The largest absolute Gasteiger partial charge is 0.386 e. The fourth-order valence-corrected chi connectivity index (χ4v) is 3.13. The molecule has 0 bridgehead atoms. The minimum atomic E-state index is -1.09. The highest BCUT2D eigenvalue weighted by atomic mass is 19.1. The van der Waals surface area contributed by atoms with Crippen LogP contribution in [-0.2, 0) is 10.3 Å². The van der Waals surface area contributed by atoms with Crippen molar-refractivity contribution < 1.29 is 14.3 Å². The van der Waals surface area contributed by atoms with Crippen molar-refractivity contribution in [3.8, 4) is 0 Å². The quantitative estimate of drug-likeness (QED) is 0.762. The molecule has 1 saturated heterocycles. The van der Waals surface area contributed by atoms with Crippen LogP contribution in [0.5, 0.6) is 0 Å². The van der Waals surface area contributed by atoms with Crippen LogP contribution in [0.1, 0.15) is 24.5 Å². The summed E-state index contributed by atoms with van der Waals surface area (Å²) in [6, 6.07) is 7.80. The van der Waals surface area contributed by atoms with Gasteiger partial charge in [-0.2, -0.15) is 5.10 Å². The lowest BCUT2D eigenvalue weighted by Gasteiger charge is -2.36. The molecule has 0 aliphatic carbocycles. The van der Waals surface area contributed by atoms with Crippen LogP contribution < -0.4 is 10.6 Å². The van der Waals surface area contributed by atoms with Crippen LogP contribution in [0, 0.1) is 5.82 Å². The normalized spacial score (nSPS) is 18.1. The number of halogens is 1. The smallest absolute Gasteiger partial charge is 0.248 e. The van der Waals surface area contributed by atoms with Crippen LogP contribution in [0.15, 0.2) is 42.7 Å². The van der Waals surface area contributed by atoms with Crippen molar-refractivity contribution in [2.75, 3.05) is 19.6 Å². The number of aromatic nitrogens is 2. The molecule has 0 saturated carbocycles. The number of benzene rings is 1. The summed E-state index contributed by atoms with van der Waals surface area (Å²) in [5.74, 6) is -0.689. The first-order chi connectivity index (χ1) is 11.6. The molecule has 2 aromatic rings. The molecule has 3 rings (SSSR count). The Kier molecular flexibility index (Phi) is 4.92. The summed E-state index contributed by atoms with van der Waals surface area (Å²) < 4.78 is 15.4. The monoisotopic (exact) mass is 332 g/mol. The molecular formula is C17H21FN4O2. The lowest BCUT2D eigenvalue weighted by Crippen LogP contribution is -2.55. The minimum absolute atomic E-state index is 0.0454. The molecule has 24 heavy (non-hydrogen) atoms. The predicted molar refractivity (Wildman–Crippen MR) is 86.7 cm³/mol. The van der Waals surface area contributed by atoms with Gasteiger partial charge in [-0.15, -0.1) is 0 Å². The van der Waals surface area contributed by atoms with Gasteiger partial charge in [-0.1, -0.05) is 18.2 Å². The third-order valence-corrected chi connectivity index (χ3v) is 4.52. The molecule has 1 aromatic carbocycles. The van der Waals surface area contributed by atoms with Crippen LogP contribution in [0.25, 0.3) is 0 Å². The van der Waals surface area contributed by atoms with Crippen molar-refractivity contribution in [1.29, 1.82) is 0 Å². The Balaban J connectivity index is 1.72. The van der Waals surface area contributed by atoms with E-state index in [2.05, 4.69) is 15.7 Å². The number of aliphatic hydroxyl groups is 1. The summed E-state index contributed by atoms with van der Waals surface area (Å²) >= 11 is 0. The van der Waals surface area contributed by atoms with Gasteiger partial charge in [0.1, 0.15) is 11.4 Å². The second kappa shape index (κ2) is 7.11. The lowest BCUT2D eigenvalue weighted by molar-refractivity contribution is -0.132. The van der Waals surface area contributed by atoms with Crippen molar-refractivity contribution in [2.45, 2.75) is 24.5 Å². The van der Waals surface area contributed by atoms with Crippen molar-refractivity contribution in [3.63, 3.8) is 0 Å². The maximum absolute atomic E-state index is 13.7. The number of piperidine rings is 1. The Morgan fingerprint density at radius 3 is 2.79 bits per heavy atom. The van der Waals surface area contributed by atoms with Crippen LogP contribution in [0.3, 0.4) is 0 Å². The zero-order chi connectivity index (χ0) is 17.0. The highest BCUT2D eigenvalue weighted by molar-refractivity contribution is 5.84. The Bertz CT molecular complexity index is 684. The summed E-state index contributed by atoms with van der Waals surface area (Å²) in [6.07, 6.45) is 3.54. The number of aliphatic hydroxyl groups excluding tert-OH is 1. The van der Waals surface area contributed by atoms with E-state index in [1.54, 1.807) is 35.3 Å². The molecule has 1 atom stereocenters. The zero-order valence-corrected chi connectivity index (χ0v) is 13.3. The van der Waals surface area contributed by atoms with Crippen LogP contribution in [0.2, 0.25) is 0 Å². The van der Waals surface area contributed by atoms with Gasteiger partial charge < -0.3 is 15.7 Å². The highest BCUT2D eigenvalue weighted by Crippen LogP contribution is 2.27. The van der Waals surface area contributed by atoms with Gasteiger partial charge in [-0.25, -0.2) is 4.39 Å². The SMILES string of the molecule is O=C(NCC(O)c1ccccc1F)C1(n2cccn2)CCNCC1. The molecule has 1 aliphatic rings. The Morgan fingerprint density at radius 2 is 2.12 bits per heavy atom. The van der Waals surface area contributed by atoms with Gasteiger partial charge >= 0.3 is 0 Å². The Morgan fingerprint density at radius 1 is 1.38 bits per heavy atom. The molecule has 1 unspecified atom stereocenters. The zero-order valence-electron chi connectivity index (χ0n) is 13.3. The Hall–Kier alpha value is -2.25. The number of carbonyl (C=O) groups is 1. The first-order valence-corrected chi connectivity index (χ1v) is 8.05. The average molecular weight is 332 g/mol. The van der Waals surface area contributed by atoms with E-state index in [1.165, 1.54) is 12.1 Å². The third kappa shape index (κ3) is 3.18. The van der Waals surface area contributed by atoms with E-state index in [9.17, 15) is 14.3 Å². The van der Waals surface area contributed by atoms with Crippen LogP contribution >= 0.6 is 0 Å². The van der Waals surface area contributed by atoms with E-state index in [-0.39, 0.29) is 18.0 Å². The topological polar surface area (TPSA) is 79.2 Å². The van der Waals surface area contributed by atoms with Gasteiger partial charge in [0.25, 0.3) is 0 Å². The van der Waals surface area contributed by atoms with Gasteiger partial charge in [0.15, 0.2) is 0 Å². The molecule has 1 fully saturated rings. The summed E-state index contributed by atoms with van der Waals surface area (Å²) in [7, 11) is 0. The minimum Gasteiger partial charge on any atom is -0.386 e. The van der Waals surface area contributed by atoms with Gasteiger partial charge in [-0.05, 0) is 38.1 Å². The maximum atomic E-state index is 13.7. The second-order valence-electron chi connectivity index (χ2n) is 5.98. The summed E-state index contributed by atoms with van der Waals surface area (Å²) in [6.45, 7) is 1.38. The molecule has 1 aliphatic heterocycles. The molecule has 7 heteroatoms. The fraction of sp³-hybridized carbons (Fsp3) is 0.412. The van der Waals surface area contributed by atoms with Gasteiger partial charge in [0.05, 0.1) is 6.10 Å². The fourth-order valence-electron chi connectivity index (χ4n) is 3.13. The summed E-state index contributed by atoms with van der Waals surface area (Å²) in [4.78, 5) is 12.8. The van der Waals surface area contributed by atoms with Crippen molar-refractivity contribution in [1.82, 2.24) is 20.4 Å². The number of amides is 1. The molecule has 0 radical (unpaired) electrons. The first-order valence-electron chi connectivity index (χ1n) is 8.05. The number of rotatable bonds is 5. The van der Waals surface area contributed by atoms with E-state index in [0.29, 0.717) is 25.9 Å². The molecule has 0 spiro atoms. The molecular weight excluding hydrogens is 311 g/mol. The highest BCUT2D eigenvalue weighted by Gasteiger charge is 2.42. The molecule has 6 nitrogen and oxygen atoms in total. The molecule has 2 heterocycles. The van der Waals surface area contributed by atoms with E-state index in [1.807, 2.05) is 0 Å². The second-order valence-corrected chi connectivity index (χ2v) is 5.98. The number of carbonyl (C=O) groups excluding carboxylic acids is 1. The lowest BCUT2D eigenvalue weighted by atomic mass is 9.87. The van der Waals surface area contributed by atoms with E-state index < -0.39 is 17.5 Å². The Labute approximate surface area is 139 Å². The molecule has 3 N–H and O–H groups in total. The van der Waals surface area contributed by atoms with Crippen molar-refractivity contribution in [2.24, 2.45) is 0 Å². The van der Waals surface area contributed by atoms with Gasteiger partial charge in [0, 0.05) is 24.5 Å². The van der Waals surface area contributed by atoms with Crippen molar-refractivity contribution in [3.05, 3.63) is 54.1 Å². The van der Waals surface area contributed by atoms with E-state index >= 15 is 0 Å². The van der Waals surface area contributed by atoms with E-state index in [4.69, 9.17) is 0 Å². The molecule has 1 amide bonds. The third-order valence-electron chi connectivity index (χ3n) is 4.52. The average Bonchev–Trinajstić information content (AvgIpc) is 3.15. The number of hydrogen-bond donors (Lipinski definition) is 3. The maximum Gasteiger partial charge on any atom is 0.248 e. The van der Waals surface area contributed by atoms with Gasteiger partial charge in [0.2, 0.25) is 5.91 Å². The predicted octanol–water partition coefficient (Wildman–Crippen LogP) is 0.951.